The predicted octanol–water partition coefficient (Wildman–Crippen LogP) is -10.3. The van der Waals surface area contributed by atoms with E-state index in [1.807, 2.05) is 61.5 Å². The van der Waals surface area contributed by atoms with Crippen LogP contribution >= 0.6 is 24.1 Å². The molecule has 0 atom stereocenters. The molecule has 0 radical (unpaired) electrons. The molecule has 0 spiro atoms. The topological polar surface area (TPSA) is 327 Å². The molecule has 0 unspecified atom stereocenters. The van der Waals surface area contributed by atoms with Crippen LogP contribution in [0.4, 0.5) is 17.1 Å². The van der Waals surface area contributed by atoms with Gasteiger partial charge in [0.1, 0.15) is 26.8 Å². The second kappa shape index (κ2) is 31.0. The molecule has 3 aromatic carbocycles. The van der Waals surface area contributed by atoms with E-state index in [1.54, 1.807) is 18.2 Å². The number of rotatable bonds is 23. The van der Waals surface area contributed by atoms with Crippen molar-refractivity contribution in [1.29, 1.82) is 0 Å². The van der Waals surface area contributed by atoms with Crippen LogP contribution in [0.3, 0.4) is 0 Å². The number of hydrogen-bond acceptors (Lipinski definition) is 21. The van der Waals surface area contributed by atoms with E-state index in [-0.39, 0.29) is 184 Å². The molecule has 75 heavy (non-hydrogen) atoms. The standard InChI is InChI=1S/C43H51N3O18S6.5Na/c1-42(2)35-26-31(65-63-61-47)13-15-37(35)45(19-5-7-21-67(49,50)51)39(42)17-11-28-9-10-29(41(28)44-30-23-32(66-64-62-48)25-34(24-30)70(58,59)60)12-18-40-43(3,4)36-27-33(69(55,56)57)14-16-38(36)46(40)20-6-8-22-68(52,53)54;;;;;/h11-18,23-27H,5-10,19-22H2,1-4H3,(H6,47,48,49,50,51,52,53,54,55,56,57,58,59,60);;;;;/q;5*+1/p-4/b29-12?,40-18+;;;;;. The number of nitrogens with one attached hydrogen (secondary N) is 1. The van der Waals surface area contributed by atoms with Gasteiger partial charge in [-0.15, -0.1) is 0 Å². The third kappa shape index (κ3) is 19.8. The quantitative estimate of drug-likeness (QED) is 0.0169. The van der Waals surface area contributed by atoms with E-state index in [9.17, 15) is 62.4 Å². The Balaban J connectivity index is 0.00000562. The second-order valence-electron chi connectivity index (χ2n) is 17.4. The maximum absolute atomic E-state index is 12.3. The Morgan fingerprint density at radius 1 is 0.693 bits per heavy atom. The van der Waals surface area contributed by atoms with E-state index in [1.165, 1.54) is 24.3 Å². The van der Waals surface area contributed by atoms with Gasteiger partial charge in [0, 0.05) is 74.4 Å². The first-order valence-corrected chi connectivity index (χ1v) is 28.7. The van der Waals surface area contributed by atoms with E-state index in [0.717, 1.165) is 29.1 Å². The van der Waals surface area contributed by atoms with E-state index in [2.05, 4.69) is 24.1 Å². The van der Waals surface area contributed by atoms with Gasteiger partial charge in [-0.3, -0.25) is 14.6 Å². The molecule has 1 aliphatic carbocycles. The summed E-state index contributed by atoms with van der Waals surface area (Å²) in [7, 11) is -18.6. The second-order valence-corrected chi connectivity index (χ2v) is 24.8. The molecule has 0 fully saturated rings. The molecule has 32 heteroatoms. The molecule has 3 aliphatic rings. The molecule has 2 N–H and O–H groups in total. The molecular weight excluding hydrogens is 1150 g/mol. The predicted molar refractivity (Wildman–Crippen MR) is 249 cm³/mol. The van der Waals surface area contributed by atoms with E-state index in [4.69, 9.17) is 0 Å². The Hall–Kier alpha value is 0.990. The van der Waals surface area contributed by atoms with Gasteiger partial charge < -0.3 is 34.4 Å². The number of fused-ring (bicyclic) bond motifs is 2. The Labute approximate surface area is 556 Å². The minimum Gasteiger partial charge on any atom is -0.748 e. The van der Waals surface area contributed by atoms with Gasteiger partial charge in [0.2, 0.25) is 5.69 Å². The van der Waals surface area contributed by atoms with Crippen molar-refractivity contribution in [1.82, 2.24) is 0 Å². The number of unbranched alkanes of at least 4 members (excludes halogenated alkanes) is 2. The number of hydrogen-bond donors (Lipinski definition) is 2. The van der Waals surface area contributed by atoms with Crippen molar-refractivity contribution < 1.29 is 234 Å². The first-order valence-electron chi connectivity index (χ1n) is 21.2. The van der Waals surface area contributed by atoms with Gasteiger partial charge in [-0.25, -0.2) is 25.3 Å². The van der Waals surface area contributed by atoms with Crippen molar-refractivity contribution in [2.24, 2.45) is 0 Å². The van der Waals surface area contributed by atoms with Gasteiger partial charge in [-0.2, -0.15) is 21.7 Å². The zero-order chi connectivity index (χ0) is 51.5. The smallest absolute Gasteiger partial charge is 0.748 e. The molecule has 2 heterocycles. The first kappa shape index (κ1) is 74.0. The molecule has 0 saturated heterocycles. The van der Waals surface area contributed by atoms with Crippen LogP contribution in [0.5, 0.6) is 0 Å². The summed E-state index contributed by atoms with van der Waals surface area (Å²) in [5.74, 6) is -1.05. The Bertz CT molecular complexity index is 3160. The molecular formula is C43H47N3Na5O18S6+. The van der Waals surface area contributed by atoms with E-state index >= 15 is 0 Å². The van der Waals surface area contributed by atoms with Gasteiger partial charge >= 0.3 is 148 Å². The van der Waals surface area contributed by atoms with Gasteiger partial charge in [0.05, 0.1) is 55.2 Å². The van der Waals surface area contributed by atoms with Gasteiger partial charge in [-0.1, -0.05) is 26.0 Å². The SMILES string of the molecule is CC1(C)C(C=CC2=C(Nc3cc(SOO[O-])cc(S(=O)(=O)[O-])c3)C(=C/C=C3/N(CCCCS(=O)(=O)[O-])c4ccc(S(=O)(=O)[O-])cc4C3(C)C)CC2)=[N+](CCCCS(=O)(=O)O)c2ccc(SOO[O-])cc21.[Na+].[Na+].[Na+].[Na+].[Na+]. The molecule has 382 valence electrons. The monoisotopic (exact) mass is 1200 g/mol. The van der Waals surface area contributed by atoms with Gasteiger partial charge in [0.25, 0.3) is 10.1 Å². The van der Waals surface area contributed by atoms with Crippen LogP contribution < -0.4 is 169 Å². The van der Waals surface area contributed by atoms with Crippen LogP contribution in [0.2, 0.25) is 0 Å². The summed E-state index contributed by atoms with van der Waals surface area (Å²) in [6.45, 7) is 8.10. The molecule has 0 aromatic heterocycles. The number of anilines is 2. The van der Waals surface area contributed by atoms with E-state index < -0.39 is 72.6 Å². The Kier molecular flexibility index (Phi) is 30.6. The van der Waals surface area contributed by atoms with Crippen LogP contribution in [0.15, 0.2) is 121 Å². The number of allylic oxidation sites excluding steroid dienone is 7. The van der Waals surface area contributed by atoms with Gasteiger partial charge in [-0.05, 0) is 117 Å². The summed E-state index contributed by atoms with van der Waals surface area (Å²) in [4.78, 5) is 1.32. The van der Waals surface area contributed by atoms with Crippen molar-refractivity contribution >= 4 is 87.3 Å². The van der Waals surface area contributed by atoms with Crippen molar-refractivity contribution in [3.63, 3.8) is 0 Å². The maximum atomic E-state index is 12.3. The summed E-state index contributed by atoms with van der Waals surface area (Å²) >= 11 is 1.07. The third-order valence-electron chi connectivity index (χ3n) is 12.0. The zero-order valence-electron chi connectivity index (χ0n) is 42.8. The largest absolute Gasteiger partial charge is 1.00 e. The summed E-state index contributed by atoms with van der Waals surface area (Å²) < 4.78 is 151. The molecule has 21 nitrogen and oxygen atoms in total. The Morgan fingerprint density at radius 2 is 1.32 bits per heavy atom. The fraction of sp³-hybridized carbons (Fsp3) is 0.372. The van der Waals surface area contributed by atoms with Crippen LogP contribution in [-0.4, -0.2) is 86.8 Å². The average Bonchev–Trinajstić information content (AvgIpc) is 3.81. The fourth-order valence-electron chi connectivity index (χ4n) is 8.77. The molecule has 0 saturated carbocycles. The minimum atomic E-state index is -5.06. The van der Waals surface area contributed by atoms with Crippen LogP contribution in [0, 0.1) is 0 Å². The van der Waals surface area contributed by atoms with Crippen molar-refractivity contribution in [3.8, 4) is 0 Å². The minimum absolute atomic E-state index is 0. The molecule has 6 rings (SSSR count). The van der Waals surface area contributed by atoms with Crippen molar-refractivity contribution in [2.45, 2.75) is 96.6 Å². The van der Waals surface area contributed by atoms with Crippen LogP contribution in [0.25, 0.3) is 0 Å². The van der Waals surface area contributed by atoms with Crippen molar-refractivity contribution in [2.75, 3.05) is 34.8 Å². The fourth-order valence-corrected chi connectivity index (χ4v) is 11.9. The number of benzene rings is 3. The normalized spacial score (nSPS) is 17.0. The first-order chi connectivity index (χ1) is 32.6. The third-order valence-corrected chi connectivity index (χ3v) is 16.4. The van der Waals surface area contributed by atoms with Crippen LogP contribution in [0.1, 0.15) is 77.3 Å². The summed E-state index contributed by atoms with van der Waals surface area (Å²) in [6, 6.07) is 12.9. The molecule has 0 amide bonds. The van der Waals surface area contributed by atoms with Crippen molar-refractivity contribution in [3.05, 3.63) is 113 Å². The van der Waals surface area contributed by atoms with Gasteiger partial charge in [0.15, 0.2) is 5.71 Å². The number of nitrogens with zero attached hydrogens (tertiary/aromatic N) is 2. The molecule has 3 aromatic rings. The molecule has 2 aliphatic heterocycles. The maximum Gasteiger partial charge on any atom is 1.00 e. The summed E-state index contributed by atoms with van der Waals surface area (Å²) in [5.41, 5.74) is 4.28. The Morgan fingerprint density at radius 3 is 1.92 bits per heavy atom. The average molecular weight is 1200 g/mol. The molecule has 0 bridgehead atoms. The summed E-state index contributed by atoms with van der Waals surface area (Å²) in [6.07, 6.45) is 8.88. The van der Waals surface area contributed by atoms with Crippen LogP contribution in [-0.2, 0) is 70.0 Å². The zero-order valence-corrected chi connectivity index (χ0v) is 57.7. The summed E-state index contributed by atoms with van der Waals surface area (Å²) in [5, 5.41) is 31.6. The van der Waals surface area contributed by atoms with E-state index in [0.29, 0.717) is 88.6 Å².